The van der Waals surface area contributed by atoms with Crippen molar-refractivity contribution in [3.8, 4) is 0 Å². The zero-order valence-electron chi connectivity index (χ0n) is 17.0. The molecule has 0 radical (unpaired) electrons. The van der Waals surface area contributed by atoms with E-state index in [0.29, 0.717) is 0 Å². The molecule has 0 aromatic carbocycles. The summed E-state index contributed by atoms with van der Waals surface area (Å²) in [6.07, 6.45) is 21.8. The van der Waals surface area contributed by atoms with E-state index < -0.39 is 6.04 Å². The fourth-order valence-corrected chi connectivity index (χ4v) is 3.09. The fraction of sp³-hybridized carbons (Fsp3) is 0.909. The Bertz CT molecular complexity index is 335. The van der Waals surface area contributed by atoms with Crippen LogP contribution in [0.3, 0.4) is 0 Å². The minimum Gasteiger partial charge on any atom is -0.349 e. The third-order valence-electron chi connectivity index (χ3n) is 4.90. The molecule has 0 aliphatic heterocycles. The van der Waals surface area contributed by atoms with Gasteiger partial charge >= 0.3 is 5.91 Å². The van der Waals surface area contributed by atoms with Crippen LogP contribution in [0.25, 0.3) is 4.85 Å². The van der Waals surface area contributed by atoms with E-state index in [4.69, 9.17) is 6.57 Å². The second kappa shape index (κ2) is 19.3. The van der Waals surface area contributed by atoms with Crippen LogP contribution < -0.4 is 5.32 Å². The standard InChI is InChI=1S/C22H42N2O/c1-4-5-6-7-8-9-10-11-12-13-14-15-16-17-18-19-20-24-22(25)21(2)23-3/h21H,4-20H2,1-2H3,(H,24,25). The summed E-state index contributed by atoms with van der Waals surface area (Å²) >= 11 is 0. The monoisotopic (exact) mass is 350 g/mol. The minimum atomic E-state index is -0.541. The summed E-state index contributed by atoms with van der Waals surface area (Å²) in [5.74, 6) is -0.129. The van der Waals surface area contributed by atoms with Gasteiger partial charge in [0.15, 0.2) is 0 Å². The number of rotatable bonds is 18. The van der Waals surface area contributed by atoms with Gasteiger partial charge in [0, 0.05) is 13.5 Å². The highest BCUT2D eigenvalue weighted by Gasteiger charge is 2.14. The van der Waals surface area contributed by atoms with Crippen molar-refractivity contribution < 1.29 is 4.79 Å². The Morgan fingerprint density at radius 1 is 0.760 bits per heavy atom. The molecule has 1 N–H and O–H groups in total. The lowest BCUT2D eigenvalue weighted by Crippen LogP contribution is -2.31. The average Bonchev–Trinajstić information content (AvgIpc) is 2.63. The van der Waals surface area contributed by atoms with Crippen molar-refractivity contribution in [2.45, 2.75) is 123 Å². The van der Waals surface area contributed by atoms with Gasteiger partial charge in [-0.25, -0.2) is 6.57 Å². The maximum absolute atomic E-state index is 11.4. The zero-order valence-corrected chi connectivity index (χ0v) is 17.0. The zero-order chi connectivity index (χ0) is 18.6. The molecule has 0 aromatic rings. The summed E-state index contributed by atoms with van der Waals surface area (Å²) in [5, 5.41) is 2.83. The third kappa shape index (κ3) is 17.6. The summed E-state index contributed by atoms with van der Waals surface area (Å²) in [6.45, 7) is 11.5. The summed E-state index contributed by atoms with van der Waals surface area (Å²) in [5.41, 5.74) is 0. The molecule has 0 bridgehead atoms. The molecule has 0 aliphatic rings. The quantitative estimate of drug-likeness (QED) is 0.217. The number of nitrogens with one attached hydrogen (secondary N) is 1. The minimum absolute atomic E-state index is 0.129. The van der Waals surface area contributed by atoms with E-state index in [0.717, 1.165) is 13.0 Å². The van der Waals surface area contributed by atoms with Gasteiger partial charge < -0.3 is 10.2 Å². The van der Waals surface area contributed by atoms with Gasteiger partial charge in [-0.05, 0) is 6.42 Å². The first-order valence-electron chi connectivity index (χ1n) is 10.9. The predicted octanol–water partition coefficient (Wildman–Crippen LogP) is 6.67. The molecule has 0 aliphatic carbocycles. The molecule has 3 nitrogen and oxygen atoms in total. The van der Waals surface area contributed by atoms with Gasteiger partial charge in [-0.15, -0.1) is 0 Å². The molecule has 0 spiro atoms. The van der Waals surface area contributed by atoms with Crippen LogP contribution in [0.4, 0.5) is 0 Å². The summed E-state index contributed by atoms with van der Waals surface area (Å²) in [7, 11) is 0. The molecule has 0 heterocycles. The lowest BCUT2D eigenvalue weighted by Gasteiger charge is -2.05. The van der Waals surface area contributed by atoms with Crippen molar-refractivity contribution in [2.75, 3.05) is 6.54 Å². The summed E-state index contributed by atoms with van der Waals surface area (Å²) < 4.78 is 0. The number of nitrogens with zero attached hydrogens (tertiary/aromatic N) is 1. The molecule has 0 aromatic heterocycles. The molecule has 3 heteroatoms. The second-order valence-electron chi connectivity index (χ2n) is 7.40. The molecular weight excluding hydrogens is 308 g/mol. The average molecular weight is 351 g/mol. The van der Waals surface area contributed by atoms with Crippen LogP contribution in [0.1, 0.15) is 117 Å². The van der Waals surface area contributed by atoms with Gasteiger partial charge in [0.2, 0.25) is 0 Å². The first-order chi connectivity index (χ1) is 12.2. The number of hydrogen-bond acceptors (Lipinski definition) is 1. The molecule has 146 valence electrons. The van der Waals surface area contributed by atoms with Crippen LogP contribution in [-0.2, 0) is 4.79 Å². The van der Waals surface area contributed by atoms with E-state index in [9.17, 15) is 4.79 Å². The molecule has 0 fully saturated rings. The summed E-state index contributed by atoms with van der Waals surface area (Å²) in [4.78, 5) is 14.6. The Hall–Kier alpha value is -1.04. The van der Waals surface area contributed by atoms with E-state index in [2.05, 4.69) is 17.1 Å². The number of unbranched alkanes of at least 4 members (excludes halogenated alkanes) is 15. The van der Waals surface area contributed by atoms with Gasteiger partial charge in [0.05, 0.1) is 0 Å². The number of amides is 1. The van der Waals surface area contributed by atoms with Crippen LogP contribution in [0, 0.1) is 6.57 Å². The largest absolute Gasteiger partial charge is 0.349 e. The number of carbonyl (C=O) groups is 1. The molecule has 0 rings (SSSR count). The molecular formula is C22H42N2O. The van der Waals surface area contributed by atoms with E-state index in [1.807, 2.05) is 0 Å². The first-order valence-corrected chi connectivity index (χ1v) is 10.9. The van der Waals surface area contributed by atoms with E-state index in [1.165, 1.54) is 96.3 Å². The van der Waals surface area contributed by atoms with Gasteiger partial charge in [-0.3, -0.25) is 4.79 Å². The van der Waals surface area contributed by atoms with Crippen LogP contribution in [-0.4, -0.2) is 18.5 Å². The Balaban J connectivity index is 3.10. The van der Waals surface area contributed by atoms with Crippen LogP contribution in [0.15, 0.2) is 0 Å². The Kier molecular flexibility index (Phi) is 18.5. The van der Waals surface area contributed by atoms with Gasteiger partial charge in [0.25, 0.3) is 6.04 Å². The highest BCUT2D eigenvalue weighted by Crippen LogP contribution is 2.13. The fourth-order valence-electron chi connectivity index (χ4n) is 3.09. The lowest BCUT2D eigenvalue weighted by atomic mass is 10.0. The first kappa shape index (κ1) is 24.0. The highest BCUT2D eigenvalue weighted by molar-refractivity contribution is 5.82. The van der Waals surface area contributed by atoms with Crippen LogP contribution >= 0.6 is 0 Å². The molecule has 25 heavy (non-hydrogen) atoms. The van der Waals surface area contributed by atoms with Crippen molar-refractivity contribution in [3.05, 3.63) is 11.4 Å². The van der Waals surface area contributed by atoms with E-state index >= 15 is 0 Å². The predicted molar refractivity (Wildman–Crippen MR) is 109 cm³/mol. The topological polar surface area (TPSA) is 33.5 Å². The van der Waals surface area contributed by atoms with Crippen LogP contribution in [0.2, 0.25) is 0 Å². The van der Waals surface area contributed by atoms with Crippen molar-refractivity contribution in [2.24, 2.45) is 0 Å². The van der Waals surface area contributed by atoms with Gasteiger partial charge in [0.1, 0.15) is 0 Å². The number of carbonyl (C=O) groups excluding carboxylic acids is 1. The van der Waals surface area contributed by atoms with E-state index in [-0.39, 0.29) is 5.91 Å². The van der Waals surface area contributed by atoms with Crippen molar-refractivity contribution in [3.63, 3.8) is 0 Å². The molecule has 0 saturated heterocycles. The lowest BCUT2D eigenvalue weighted by molar-refractivity contribution is -0.121. The maximum atomic E-state index is 11.4. The highest BCUT2D eigenvalue weighted by atomic mass is 16.2. The second-order valence-corrected chi connectivity index (χ2v) is 7.40. The Labute approximate surface area is 157 Å². The molecule has 1 amide bonds. The van der Waals surface area contributed by atoms with Crippen molar-refractivity contribution in [1.29, 1.82) is 0 Å². The van der Waals surface area contributed by atoms with Gasteiger partial charge in [-0.1, -0.05) is 103 Å². The smallest absolute Gasteiger partial charge is 0.302 e. The Morgan fingerprint density at radius 3 is 1.48 bits per heavy atom. The van der Waals surface area contributed by atoms with Crippen molar-refractivity contribution in [1.82, 2.24) is 5.32 Å². The molecule has 1 unspecified atom stereocenters. The normalized spacial score (nSPS) is 11.9. The Morgan fingerprint density at radius 2 is 1.12 bits per heavy atom. The molecule has 0 saturated carbocycles. The SMILES string of the molecule is [C-]#[N+]C(C)C(=O)NCCCCCCCCCCCCCCCCCC. The molecule has 1 atom stereocenters. The van der Waals surface area contributed by atoms with E-state index in [1.54, 1.807) is 6.92 Å². The number of hydrogen-bond donors (Lipinski definition) is 1. The van der Waals surface area contributed by atoms with Gasteiger partial charge in [-0.2, -0.15) is 0 Å². The maximum Gasteiger partial charge on any atom is 0.302 e. The van der Waals surface area contributed by atoms with Crippen LogP contribution in [0.5, 0.6) is 0 Å². The third-order valence-corrected chi connectivity index (χ3v) is 4.90. The summed E-state index contributed by atoms with van der Waals surface area (Å²) in [6, 6.07) is -0.541. The van der Waals surface area contributed by atoms with Crippen molar-refractivity contribution >= 4 is 5.91 Å².